The van der Waals surface area contributed by atoms with E-state index >= 15 is 0 Å². The van der Waals surface area contributed by atoms with Crippen LogP contribution in [0.1, 0.15) is 5.69 Å². The molecule has 0 amide bonds. The molecule has 0 N–H and O–H groups in total. The van der Waals surface area contributed by atoms with Crippen molar-refractivity contribution in [1.82, 2.24) is 9.97 Å². The lowest BCUT2D eigenvalue weighted by Gasteiger charge is -1.99. The number of nitrogens with zero attached hydrogens (tertiary/aromatic N) is 3. The Labute approximate surface area is 81.1 Å². The van der Waals surface area contributed by atoms with Gasteiger partial charge in [-0.15, -0.1) is 0 Å². The van der Waals surface area contributed by atoms with E-state index in [4.69, 9.17) is 5.26 Å². The Morgan fingerprint density at radius 1 is 1.64 bits per heavy atom. The summed E-state index contributed by atoms with van der Waals surface area (Å²) in [7, 11) is -3.41. The maximum absolute atomic E-state index is 11.0. The van der Waals surface area contributed by atoms with Crippen LogP contribution in [0.5, 0.6) is 0 Å². The van der Waals surface area contributed by atoms with E-state index in [9.17, 15) is 8.42 Å². The number of aromatic nitrogens is 2. The lowest BCUT2D eigenvalue weighted by molar-refractivity contribution is 0.252. The van der Waals surface area contributed by atoms with Crippen LogP contribution in [0.2, 0.25) is 0 Å². The highest BCUT2D eigenvalue weighted by molar-refractivity contribution is 7.90. The van der Waals surface area contributed by atoms with Crippen LogP contribution in [0.25, 0.3) is 0 Å². The Bertz CT molecular complexity index is 463. The number of rotatable bonds is 3. The Kier molecular flexibility index (Phi) is 2.99. The van der Waals surface area contributed by atoms with E-state index in [2.05, 4.69) is 14.7 Å². The molecule has 1 aromatic heterocycles. The molecule has 1 rings (SSSR count). The van der Waals surface area contributed by atoms with Gasteiger partial charge < -0.3 is 4.74 Å². The fourth-order valence-electron chi connectivity index (χ4n) is 0.741. The van der Waals surface area contributed by atoms with Gasteiger partial charge in [0.15, 0.2) is 0 Å². The summed E-state index contributed by atoms with van der Waals surface area (Å²) in [4.78, 5) is 7.29. The minimum absolute atomic E-state index is 0.0540. The summed E-state index contributed by atoms with van der Waals surface area (Å²) in [5.41, 5.74) is 0.349. The molecule has 1 aromatic rings. The third-order valence-electron chi connectivity index (χ3n) is 1.31. The van der Waals surface area contributed by atoms with Gasteiger partial charge >= 0.3 is 0 Å². The maximum Gasteiger partial charge on any atom is 0.286 e. The van der Waals surface area contributed by atoms with Crippen molar-refractivity contribution in [2.45, 2.75) is 11.8 Å². The van der Waals surface area contributed by atoms with E-state index < -0.39 is 9.84 Å². The van der Waals surface area contributed by atoms with Crippen molar-refractivity contribution in [3.8, 4) is 6.26 Å². The fourth-order valence-corrected chi connectivity index (χ4v) is 1.28. The predicted molar refractivity (Wildman–Crippen MR) is 45.5 cm³/mol. The van der Waals surface area contributed by atoms with Crippen molar-refractivity contribution in [3.05, 3.63) is 18.0 Å². The molecule has 0 fully saturated rings. The van der Waals surface area contributed by atoms with Crippen molar-refractivity contribution in [3.63, 3.8) is 0 Å². The van der Waals surface area contributed by atoms with Crippen LogP contribution in [0.3, 0.4) is 0 Å². The molecule has 0 bridgehead atoms. The van der Waals surface area contributed by atoms with Crippen LogP contribution in [-0.4, -0.2) is 24.6 Å². The molecule has 0 saturated heterocycles. The molecule has 0 aliphatic heterocycles. The van der Waals surface area contributed by atoms with Crippen LogP contribution in [0.15, 0.2) is 17.4 Å². The van der Waals surface area contributed by atoms with Gasteiger partial charge in [-0.05, 0) is 6.07 Å². The third kappa shape index (κ3) is 2.67. The zero-order valence-corrected chi connectivity index (χ0v) is 8.15. The van der Waals surface area contributed by atoms with Gasteiger partial charge in [-0.25, -0.2) is 18.4 Å². The molecule has 0 aromatic carbocycles. The average molecular weight is 213 g/mol. The monoisotopic (exact) mass is 213 g/mol. The van der Waals surface area contributed by atoms with Crippen LogP contribution in [0, 0.1) is 11.5 Å². The molecule has 7 heteroatoms. The van der Waals surface area contributed by atoms with E-state index in [1.807, 2.05) is 0 Å². The highest BCUT2D eigenvalue weighted by Gasteiger charge is 2.10. The second kappa shape index (κ2) is 4.02. The summed E-state index contributed by atoms with van der Waals surface area (Å²) in [6, 6.07) is 1.48. The van der Waals surface area contributed by atoms with Crippen LogP contribution < -0.4 is 0 Å². The Morgan fingerprint density at radius 2 is 2.36 bits per heavy atom. The summed E-state index contributed by atoms with van der Waals surface area (Å²) in [6.07, 6.45) is 3.78. The highest BCUT2D eigenvalue weighted by atomic mass is 32.2. The molecule has 0 radical (unpaired) electrons. The van der Waals surface area contributed by atoms with E-state index in [1.165, 1.54) is 18.5 Å². The van der Waals surface area contributed by atoms with Crippen molar-refractivity contribution in [2.24, 2.45) is 0 Å². The second-order valence-corrected chi connectivity index (χ2v) is 4.39. The quantitative estimate of drug-likeness (QED) is 0.513. The molecule has 1 heterocycles. The molecule has 14 heavy (non-hydrogen) atoms. The number of nitriles is 1. The van der Waals surface area contributed by atoms with Gasteiger partial charge in [-0.2, -0.15) is 5.26 Å². The lowest BCUT2D eigenvalue weighted by Crippen LogP contribution is -2.05. The van der Waals surface area contributed by atoms with Crippen molar-refractivity contribution < 1.29 is 13.2 Å². The first-order valence-corrected chi connectivity index (χ1v) is 5.46. The van der Waals surface area contributed by atoms with Gasteiger partial charge in [-0.3, -0.25) is 0 Å². The largest absolute Gasteiger partial charge is 0.421 e. The van der Waals surface area contributed by atoms with E-state index in [0.29, 0.717) is 5.69 Å². The van der Waals surface area contributed by atoms with Gasteiger partial charge in [0.05, 0.1) is 5.69 Å². The molecule has 0 saturated carbocycles. The fraction of sp³-hybridized carbons (Fsp3) is 0.286. The smallest absolute Gasteiger partial charge is 0.286 e. The summed E-state index contributed by atoms with van der Waals surface area (Å²) >= 11 is 0. The Balaban J connectivity index is 2.97. The summed E-state index contributed by atoms with van der Waals surface area (Å²) in [5.74, 6) is 0. The van der Waals surface area contributed by atoms with Crippen LogP contribution in [0.4, 0.5) is 0 Å². The van der Waals surface area contributed by atoms with Crippen LogP contribution in [-0.2, 0) is 21.2 Å². The van der Waals surface area contributed by atoms with E-state index in [1.54, 1.807) is 0 Å². The predicted octanol–water partition coefficient (Wildman–Crippen LogP) is -0.122. The van der Waals surface area contributed by atoms with Gasteiger partial charge in [-0.1, -0.05) is 0 Å². The number of ether oxygens (including phenoxy) is 1. The Morgan fingerprint density at radius 3 is 2.93 bits per heavy atom. The standard InChI is InChI=1S/C7H7N3O3S/c1-14(11,12)7-9-3-2-6(10-7)4-13-5-8/h2-3H,4H2,1H3. The van der Waals surface area contributed by atoms with Crippen molar-refractivity contribution >= 4 is 9.84 Å². The molecule has 6 nitrogen and oxygen atoms in total. The third-order valence-corrected chi connectivity index (χ3v) is 2.17. The molecule has 0 spiro atoms. The molecule has 0 aliphatic carbocycles. The van der Waals surface area contributed by atoms with Gasteiger partial charge in [0, 0.05) is 12.5 Å². The zero-order valence-electron chi connectivity index (χ0n) is 7.34. The maximum atomic E-state index is 11.0. The van der Waals surface area contributed by atoms with Crippen LogP contribution >= 0.6 is 0 Å². The second-order valence-electron chi connectivity index (χ2n) is 2.48. The lowest BCUT2D eigenvalue weighted by atomic mass is 10.4. The van der Waals surface area contributed by atoms with Crippen molar-refractivity contribution in [2.75, 3.05) is 6.26 Å². The number of hydrogen-bond acceptors (Lipinski definition) is 6. The first-order chi connectivity index (χ1) is 6.54. The number of hydrogen-bond donors (Lipinski definition) is 0. The van der Waals surface area contributed by atoms with Gasteiger partial charge in [0.25, 0.3) is 6.26 Å². The molecule has 74 valence electrons. The normalized spacial score (nSPS) is 10.6. The first kappa shape index (κ1) is 10.4. The topological polar surface area (TPSA) is 92.9 Å². The summed E-state index contributed by atoms with van der Waals surface area (Å²) in [6.45, 7) is -0.0540. The molecular weight excluding hydrogens is 206 g/mol. The minimum Gasteiger partial charge on any atom is -0.421 e. The summed E-state index contributed by atoms with van der Waals surface area (Å²) < 4.78 is 26.5. The first-order valence-electron chi connectivity index (χ1n) is 3.57. The zero-order chi connectivity index (χ0) is 10.6. The van der Waals surface area contributed by atoms with E-state index in [-0.39, 0.29) is 11.8 Å². The SMILES string of the molecule is CS(=O)(=O)c1nccc(COC#N)n1. The molecular formula is C7H7N3O3S. The van der Waals surface area contributed by atoms with Gasteiger partial charge in [0.2, 0.25) is 15.0 Å². The van der Waals surface area contributed by atoms with E-state index in [0.717, 1.165) is 6.26 Å². The minimum atomic E-state index is -3.41. The average Bonchev–Trinajstić information content (AvgIpc) is 2.14. The number of sulfone groups is 1. The van der Waals surface area contributed by atoms with Crippen molar-refractivity contribution in [1.29, 1.82) is 5.26 Å². The molecule has 0 unspecified atom stereocenters. The highest BCUT2D eigenvalue weighted by Crippen LogP contribution is 2.02. The van der Waals surface area contributed by atoms with Gasteiger partial charge in [0.1, 0.15) is 6.61 Å². The summed E-state index contributed by atoms with van der Waals surface area (Å²) in [5, 5.41) is 7.86. The Hall–Kier alpha value is -1.68. The molecule has 0 aliphatic rings. The molecule has 0 atom stereocenters.